The number of hydrogen-bond donors (Lipinski definition) is 0. The SMILES string of the molecule is COc1cccc(OC(C)C(=O)N(C)C2CCN(C)CC2)c1. The Morgan fingerprint density at radius 2 is 1.95 bits per heavy atom. The Morgan fingerprint density at radius 3 is 2.59 bits per heavy atom. The molecule has 1 heterocycles. The lowest BCUT2D eigenvalue weighted by Crippen LogP contribution is -2.48. The number of amides is 1. The van der Waals surface area contributed by atoms with Gasteiger partial charge in [-0.2, -0.15) is 0 Å². The zero-order valence-electron chi connectivity index (χ0n) is 13.9. The molecule has 0 radical (unpaired) electrons. The summed E-state index contributed by atoms with van der Waals surface area (Å²) >= 11 is 0. The summed E-state index contributed by atoms with van der Waals surface area (Å²) in [5, 5.41) is 0. The molecule has 1 atom stereocenters. The lowest BCUT2D eigenvalue weighted by atomic mass is 10.0. The van der Waals surface area contributed by atoms with Crippen LogP contribution in [0.5, 0.6) is 11.5 Å². The van der Waals surface area contributed by atoms with Crippen molar-refractivity contribution in [2.75, 3.05) is 34.3 Å². The molecule has 1 aromatic rings. The van der Waals surface area contributed by atoms with Crippen molar-refractivity contribution in [3.05, 3.63) is 24.3 Å². The molecule has 0 spiro atoms. The van der Waals surface area contributed by atoms with Crippen molar-refractivity contribution in [1.29, 1.82) is 0 Å². The largest absolute Gasteiger partial charge is 0.497 e. The number of methoxy groups -OCH3 is 1. The molecule has 0 aromatic heterocycles. The average Bonchev–Trinajstić information content (AvgIpc) is 2.54. The number of nitrogens with zero attached hydrogens (tertiary/aromatic N) is 2. The van der Waals surface area contributed by atoms with Crippen molar-refractivity contribution in [3.63, 3.8) is 0 Å². The van der Waals surface area contributed by atoms with Crippen LogP contribution in [0.4, 0.5) is 0 Å². The van der Waals surface area contributed by atoms with Gasteiger partial charge >= 0.3 is 0 Å². The van der Waals surface area contributed by atoms with Gasteiger partial charge in [-0.1, -0.05) is 6.07 Å². The monoisotopic (exact) mass is 306 g/mol. The molecule has 2 rings (SSSR count). The van der Waals surface area contributed by atoms with E-state index in [-0.39, 0.29) is 5.91 Å². The Morgan fingerprint density at radius 1 is 1.32 bits per heavy atom. The summed E-state index contributed by atoms with van der Waals surface area (Å²) in [6.07, 6.45) is 1.53. The molecule has 1 fully saturated rings. The zero-order chi connectivity index (χ0) is 16.1. The van der Waals surface area contributed by atoms with Crippen LogP contribution in [0.3, 0.4) is 0 Å². The minimum absolute atomic E-state index is 0.0253. The van der Waals surface area contributed by atoms with Crippen LogP contribution in [-0.4, -0.2) is 62.1 Å². The second-order valence-corrected chi connectivity index (χ2v) is 5.92. The first-order valence-corrected chi connectivity index (χ1v) is 7.77. The molecule has 1 aromatic carbocycles. The van der Waals surface area contributed by atoms with Gasteiger partial charge in [0, 0.05) is 19.2 Å². The van der Waals surface area contributed by atoms with Gasteiger partial charge in [-0.25, -0.2) is 0 Å². The topological polar surface area (TPSA) is 42.0 Å². The fraction of sp³-hybridized carbons (Fsp3) is 0.588. The molecule has 0 saturated carbocycles. The molecule has 5 nitrogen and oxygen atoms in total. The number of ether oxygens (including phenoxy) is 2. The smallest absolute Gasteiger partial charge is 0.263 e. The summed E-state index contributed by atoms with van der Waals surface area (Å²) in [5.41, 5.74) is 0. The average molecular weight is 306 g/mol. The molecule has 122 valence electrons. The van der Waals surface area contributed by atoms with E-state index < -0.39 is 6.10 Å². The Hall–Kier alpha value is -1.75. The number of hydrogen-bond acceptors (Lipinski definition) is 4. The third kappa shape index (κ3) is 4.13. The lowest BCUT2D eigenvalue weighted by Gasteiger charge is -2.36. The summed E-state index contributed by atoms with van der Waals surface area (Å²) in [6.45, 7) is 3.87. The molecule has 0 aliphatic carbocycles. The van der Waals surface area contributed by atoms with E-state index in [0.717, 1.165) is 31.7 Å². The van der Waals surface area contributed by atoms with E-state index in [1.165, 1.54) is 0 Å². The second-order valence-electron chi connectivity index (χ2n) is 5.92. The molecule has 1 saturated heterocycles. The quantitative estimate of drug-likeness (QED) is 0.834. The second kappa shape index (κ2) is 7.49. The summed E-state index contributed by atoms with van der Waals surface area (Å²) < 4.78 is 10.9. The standard InChI is InChI=1S/C17H26N2O3/c1-13(22-16-7-5-6-15(12-16)21-4)17(20)19(3)14-8-10-18(2)11-9-14/h5-7,12-14H,8-11H2,1-4H3. The van der Waals surface area contributed by atoms with E-state index in [0.29, 0.717) is 11.8 Å². The van der Waals surface area contributed by atoms with Crippen molar-refractivity contribution in [3.8, 4) is 11.5 Å². The fourth-order valence-electron chi connectivity index (χ4n) is 2.78. The third-order valence-electron chi connectivity index (χ3n) is 4.29. The molecule has 22 heavy (non-hydrogen) atoms. The van der Waals surface area contributed by atoms with Gasteiger partial charge < -0.3 is 19.3 Å². The number of likely N-dealkylation sites (N-methyl/N-ethyl adjacent to an activating group) is 1. The predicted molar refractivity (Wildman–Crippen MR) is 86.4 cm³/mol. The van der Waals surface area contributed by atoms with Gasteiger partial charge in [0.05, 0.1) is 7.11 Å². The fourth-order valence-corrected chi connectivity index (χ4v) is 2.78. The number of carbonyl (C=O) groups is 1. The summed E-state index contributed by atoms with van der Waals surface area (Å²) in [7, 11) is 5.61. The van der Waals surface area contributed by atoms with Crippen molar-refractivity contribution in [2.45, 2.75) is 31.9 Å². The van der Waals surface area contributed by atoms with E-state index in [2.05, 4.69) is 11.9 Å². The molecular weight excluding hydrogens is 280 g/mol. The van der Waals surface area contributed by atoms with Crippen LogP contribution >= 0.6 is 0 Å². The van der Waals surface area contributed by atoms with Crippen molar-refractivity contribution in [2.24, 2.45) is 0 Å². The predicted octanol–water partition coefficient (Wildman–Crippen LogP) is 2.02. The highest BCUT2D eigenvalue weighted by molar-refractivity contribution is 5.81. The summed E-state index contributed by atoms with van der Waals surface area (Å²) in [5.74, 6) is 1.40. The van der Waals surface area contributed by atoms with E-state index >= 15 is 0 Å². The van der Waals surface area contributed by atoms with E-state index in [4.69, 9.17) is 9.47 Å². The first kappa shape index (κ1) is 16.6. The zero-order valence-corrected chi connectivity index (χ0v) is 13.9. The molecular formula is C17H26N2O3. The van der Waals surface area contributed by atoms with Gasteiger partial charge in [0.2, 0.25) is 0 Å². The molecule has 0 N–H and O–H groups in total. The highest BCUT2D eigenvalue weighted by Gasteiger charge is 2.27. The normalized spacial score (nSPS) is 17.8. The van der Waals surface area contributed by atoms with Crippen molar-refractivity contribution < 1.29 is 14.3 Å². The Labute approximate surface area is 132 Å². The number of likely N-dealkylation sites (tertiary alicyclic amines) is 1. The molecule has 5 heteroatoms. The highest BCUT2D eigenvalue weighted by Crippen LogP contribution is 2.21. The number of carbonyl (C=O) groups excluding carboxylic acids is 1. The minimum Gasteiger partial charge on any atom is -0.497 e. The molecule has 1 unspecified atom stereocenters. The van der Waals surface area contributed by atoms with Crippen LogP contribution in [0, 0.1) is 0 Å². The van der Waals surface area contributed by atoms with Crippen LogP contribution in [0.15, 0.2) is 24.3 Å². The lowest BCUT2D eigenvalue weighted by molar-refractivity contribution is -0.139. The maximum Gasteiger partial charge on any atom is 0.263 e. The van der Waals surface area contributed by atoms with Crippen LogP contribution in [-0.2, 0) is 4.79 Å². The first-order valence-electron chi connectivity index (χ1n) is 7.77. The third-order valence-corrected chi connectivity index (χ3v) is 4.29. The van der Waals surface area contributed by atoms with Crippen LogP contribution in [0.25, 0.3) is 0 Å². The van der Waals surface area contributed by atoms with Gasteiger partial charge in [0.1, 0.15) is 11.5 Å². The number of benzene rings is 1. The Balaban J connectivity index is 1.93. The van der Waals surface area contributed by atoms with E-state index in [1.54, 1.807) is 20.1 Å². The van der Waals surface area contributed by atoms with E-state index in [1.807, 2.05) is 30.1 Å². The Kier molecular flexibility index (Phi) is 5.66. The van der Waals surface area contributed by atoms with Crippen LogP contribution in [0.2, 0.25) is 0 Å². The van der Waals surface area contributed by atoms with Gasteiger partial charge in [0.25, 0.3) is 5.91 Å². The number of rotatable bonds is 5. The summed E-state index contributed by atoms with van der Waals surface area (Å²) in [6, 6.07) is 7.64. The van der Waals surface area contributed by atoms with Gasteiger partial charge in [0.15, 0.2) is 6.10 Å². The maximum absolute atomic E-state index is 12.5. The van der Waals surface area contributed by atoms with Gasteiger partial charge in [-0.15, -0.1) is 0 Å². The van der Waals surface area contributed by atoms with Crippen molar-refractivity contribution >= 4 is 5.91 Å². The number of piperidine rings is 1. The van der Waals surface area contributed by atoms with Crippen LogP contribution < -0.4 is 9.47 Å². The highest BCUT2D eigenvalue weighted by atomic mass is 16.5. The molecule has 1 aliphatic rings. The maximum atomic E-state index is 12.5. The molecule has 1 aliphatic heterocycles. The molecule has 1 amide bonds. The van der Waals surface area contributed by atoms with E-state index in [9.17, 15) is 4.79 Å². The first-order chi connectivity index (χ1) is 10.5. The summed E-state index contributed by atoms with van der Waals surface area (Å²) in [4.78, 5) is 16.7. The van der Waals surface area contributed by atoms with Gasteiger partial charge in [-0.05, 0) is 52.0 Å². The minimum atomic E-state index is -0.503. The Bertz CT molecular complexity index is 498. The van der Waals surface area contributed by atoms with Gasteiger partial charge in [-0.3, -0.25) is 4.79 Å². The van der Waals surface area contributed by atoms with Crippen molar-refractivity contribution in [1.82, 2.24) is 9.80 Å². The van der Waals surface area contributed by atoms with Crippen LogP contribution in [0.1, 0.15) is 19.8 Å². The molecule has 0 bridgehead atoms.